The number of rotatable bonds is 13. The van der Waals surface area contributed by atoms with E-state index < -0.39 is 28.5 Å². The molecule has 0 saturated heterocycles. The molecule has 9 heteroatoms. The van der Waals surface area contributed by atoms with Gasteiger partial charge in [-0.25, -0.2) is 8.42 Å². The van der Waals surface area contributed by atoms with E-state index >= 15 is 0 Å². The molecular formula is C33H36ClN3O4S. The molecule has 0 spiro atoms. The second-order valence-corrected chi connectivity index (χ2v) is 12.5. The van der Waals surface area contributed by atoms with Crippen LogP contribution in [0.4, 0.5) is 5.69 Å². The lowest BCUT2D eigenvalue weighted by atomic mass is 10.0. The maximum absolute atomic E-state index is 14.3. The summed E-state index contributed by atoms with van der Waals surface area (Å²) in [6.07, 6.45) is 3.03. The standard InChI is InChI=1S/C33H36ClN3O4S/c1-3-4-21-35-33(39)31(22-25-13-6-5-7-14-25)36(23-27-16-9-11-19-29(27)34)32(38)24-37(42(2,40)41)30-20-12-17-26-15-8-10-18-28(26)30/h5-20,31H,3-4,21-24H2,1-2H3,(H,35,39). The summed E-state index contributed by atoms with van der Waals surface area (Å²) in [4.78, 5) is 29.4. The third-order valence-corrected chi connectivity index (χ3v) is 8.61. The minimum absolute atomic E-state index is 0.0321. The average molecular weight is 606 g/mol. The number of nitrogens with zero attached hydrogens (tertiary/aromatic N) is 2. The lowest BCUT2D eigenvalue weighted by Crippen LogP contribution is -2.53. The lowest BCUT2D eigenvalue weighted by molar-refractivity contribution is -0.140. The van der Waals surface area contributed by atoms with Crippen molar-refractivity contribution in [2.75, 3.05) is 23.7 Å². The monoisotopic (exact) mass is 605 g/mol. The van der Waals surface area contributed by atoms with E-state index in [9.17, 15) is 18.0 Å². The minimum atomic E-state index is -3.88. The zero-order chi connectivity index (χ0) is 30.1. The summed E-state index contributed by atoms with van der Waals surface area (Å²) in [5.41, 5.74) is 1.93. The van der Waals surface area contributed by atoms with Crippen LogP contribution in [0.15, 0.2) is 97.1 Å². The van der Waals surface area contributed by atoms with Crippen LogP contribution in [-0.2, 0) is 32.6 Å². The third kappa shape index (κ3) is 7.89. The number of amides is 2. The fourth-order valence-corrected chi connectivity index (χ4v) is 5.95. The van der Waals surface area contributed by atoms with Crippen LogP contribution in [0, 0.1) is 0 Å². The van der Waals surface area contributed by atoms with Gasteiger partial charge in [-0.15, -0.1) is 0 Å². The Morgan fingerprint density at radius 2 is 1.55 bits per heavy atom. The molecule has 4 aromatic rings. The maximum atomic E-state index is 14.3. The van der Waals surface area contributed by atoms with Crippen molar-refractivity contribution in [3.8, 4) is 0 Å². The molecule has 220 valence electrons. The number of carbonyl (C=O) groups excluding carboxylic acids is 2. The molecule has 0 radical (unpaired) electrons. The Morgan fingerprint density at radius 1 is 0.881 bits per heavy atom. The van der Waals surface area contributed by atoms with Crippen molar-refractivity contribution in [1.82, 2.24) is 10.2 Å². The normalized spacial score (nSPS) is 12.1. The molecule has 42 heavy (non-hydrogen) atoms. The van der Waals surface area contributed by atoms with E-state index in [1.807, 2.05) is 73.7 Å². The van der Waals surface area contributed by atoms with Gasteiger partial charge in [-0.1, -0.05) is 110 Å². The second kappa shape index (κ2) is 14.3. The molecule has 2 amide bonds. The molecule has 0 aliphatic carbocycles. The van der Waals surface area contributed by atoms with Crippen LogP contribution in [0.5, 0.6) is 0 Å². The molecule has 0 heterocycles. The summed E-state index contributed by atoms with van der Waals surface area (Å²) in [5.74, 6) is -0.816. The van der Waals surface area contributed by atoms with E-state index in [4.69, 9.17) is 11.6 Å². The number of sulfonamides is 1. The molecular weight excluding hydrogens is 570 g/mol. The van der Waals surface area contributed by atoms with Crippen LogP contribution in [0.2, 0.25) is 5.02 Å². The van der Waals surface area contributed by atoms with Crippen LogP contribution in [0.1, 0.15) is 30.9 Å². The molecule has 1 N–H and O–H groups in total. The van der Waals surface area contributed by atoms with Gasteiger partial charge in [0.05, 0.1) is 11.9 Å². The summed E-state index contributed by atoms with van der Waals surface area (Å²) >= 11 is 6.51. The van der Waals surface area contributed by atoms with Crippen LogP contribution >= 0.6 is 11.6 Å². The number of nitrogens with one attached hydrogen (secondary N) is 1. The molecule has 0 saturated carbocycles. The van der Waals surface area contributed by atoms with Gasteiger partial charge in [0.1, 0.15) is 12.6 Å². The minimum Gasteiger partial charge on any atom is -0.354 e. The van der Waals surface area contributed by atoms with Gasteiger partial charge in [0, 0.05) is 29.9 Å². The average Bonchev–Trinajstić information content (AvgIpc) is 2.98. The van der Waals surface area contributed by atoms with Gasteiger partial charge in [0.25, 0.3) is 0 Å². The van der Waals surface area contributed by atoms with E-state index in [-0.39, 0.29) is 18.9 Å². The van der Waals surface area contributed by atoms with Crippen molar-refractivity contribution >= 4 is 49.9 Å². The molecule has 0 aliphatic rings. The highest BCUT2D eigenvalue weighted by atomic mass is 35.5. The fourth-order valence-electron chi connectivity index (χ4n) is 4.89. The number of fused-ring (bicyclic) bond motifs is 1. The Kier molecular flexibility index (Phi) is 10.6. The molecule has 0 fully saturated rings. The maximum Gasteiger partial charge on any atom is 0.244 e. The van der Waals surface area contributed by atoms with E-state index in [0.717, 1.165) is 34.4 Å². The van der Waals surface area contributed by atoms with Gasteiger partial charge in [-0.3, -0.25) is 13.9 Å². The highest BCUT2D eigenvalue weighted by Gasteiger charge is 2.33. The Morgan fingerprint density at radius 3 is 2.26 bits per heavy atom. The number of carbonyl (C=O) groups is 2. The quantitative estimate of drug-likeness (QED) is 0.195. The molecule has 0 bridgehead atoms. The van der Waals surface area contributed by atoms with Gasteiger partial charge in [-0.05, 0) is 35.1 Å². The van der Waals surface area contributed by atoms with Crippen LogP contribution < -0.4 is 9.62 Å². The van der Waals surface area contributed by atoms with Crippen molar-refractivity contribution in [3.05, 3.63) is 113 Å². The highest BCUT2D eigenvalue weighted by Crippen LogP contribution is 2.29. The molecule has 1 atom stereocenters. The van der Waals surface area contributed by atoms with Gasteiger partial charge >= 0.3 is 0 Å². The van der Waals surface area contributed by atoms with E-state index in [1.165, 1.54) is 4.90 Å². The van der Waals surface area contributed by atoms with Crippen molar-refractivity contribution in [2.45, 2.75) is 38.8 Å². The Hall–Kier alpha value is -3.88. The molecule has 1 unspecified atom stereocenters. The number of hydrogen-bond donors (Lipinski definition) is 1. The van der Waals surface area contributed by atoms with Crippen molar-refractivity contribution in [3.63, 3.8) is 0 Å². The largest absolute Gasteiger partial charge is 0.354 e. The Balaban J connectivity index is 1.77. The SMILES string of the molecule is CCCCNC(=O)C(Cc1ccccc1)N(Cc1ccccc1Cl)C(=O)CN(c1cccc2ccccc12)S(C)(=O)=O. The molecule has 0 aromatic heterocycles. The number of unbranched alkanes of at least 4 members (excludes halogenated alkanes) is 1. The van der Waals surface area contributed by atoms with Gasteiger partial charge in [0.15, 0.2) is 0 Å². The smallest absolute Gasteiger partial charge is 0.244 e. The Labute approximate surface area is 253 Å². The molecule has 4 aromatic carbocycles. The zero-order valence-electron chi connectivity index (χ0n) is 23.9. The van der Waals surface area contributed by atoms with Gasteiger partial charge in [-0.2, -0.15) is 0 Å². The van der Waals surface area contributed by atoms with E-state index in [2.05, 4.69) is 5.32 Å². The van der Waals surface area contributed by atoms with Gasteiger partial charge < -0.3 is 10.2 Å². The molecule has 4 rings (SSSR count). The van der Waals surface area contributed by atoms with Crippen molar-refractivity contribution in [2.24, 2.45) is 0 Å². The first-order chi connectivity index (χ1) is 20.2. The Bertz CT molecular complexity index is 1620. The molecule has 7 nitrogen and oxygen atoms in total. The first-order valence-corrected chi connectivity index (χ1v) is 16.2. The number of halogens is 1. The van der Waals surface area contributed by atoms with Gasteiger partial charge in [0.2, 0.25) is 21.8 Å². The third-order valence-electron chi connectivity index (χ3n) is 7.11. The summed E-state index contributed by atoms with van der Waals surface area (Å²) in [5, 5.41) is 4.99. The second-order valence-electron chi connectivity index (χ2n) is 10.2. The van der Waals surface area contributed by atoms with E-state index in [1.54, 1.807) is 30.3 Å². The predicted molar refractivity (Wildman–Crippen MR) is 170 cm³/mol. The fraction of sp³-hybridized carbons (Fsp3) is 0.273. The predicted octanol–water partition coefficient (Wildman–Crippen LogP) is 5.82. The van der Waals surface area contributed by atoms with Crippen molar-refractivity contribution in [1.29, 1.82) is 0 Å². The van der Waals surface area contributed by atoms with Crippen LogP contribution in [0.25, 0.3) is 10.8 Å². The zero-order valence-corrected chi connectivity index (χ0v) is 25.4. The summed E-state index contributed by atoms with van der Waals surface area (Å²) in [7, 11) is -3.88. The first-order valence-electron chi connectivity index (χ1n) is 14.0. The topological polar surface area (TPSA) is 86.8 Å². The lowest BCUT2D eigenvalue weighted by Gasteiger charge is -2.34. The number of benzene rings is 4. The van der Waals surface area contributed by atoms with Crippen LogP contribution in [-0.4, -0.2) is 50.5 Å². The van der Waals surface area contributed by atoms with Crippen molar-refractivity contribution < 1.29 is 18.0 Å². The number of anilines is 1. The summed E-state index contributed by atoms with van der Waals surface area (Å²) in [6.45, 7) is 2.06. The highest BCUT2D eigenvalue weighted by molar-refractivity contribution is 7.92. The molecule has 0 aliphatic heterocycles. The van der Waals surface area contributed by atoms with Crippen LogP contribution in [0.3, 0.4) is 0 Å². The summed E-state index contributed by atoms with van der Waals surface area (Å²) in [6, 6.07) is 28.5. The first kappa shape index (κ1) is 31.1. The van der Waals surface area contributed by atoms with E-state index in [0.29, 0.717) is 28.2 Å². The number of hydrogen-bond acceptors (Lipinski definition) is 4. The summed E-state index contributed by atoms with van der Waals surface area (Å²) < 4.78 is 27.5.